The van der Waals surface area contributed by atoms with Crippen LogP contribution in [0.25, 0.3) is 27.3 Å². The van der Waals surface area contributed by atoms with Crippen molar-refractivity contribution in [2.75, 3.05) is 0 Å². The molecule has 0 N–H and O–H groups in total. The number of para-hydroxylation sites is 1. The number of hydrogen-bond acceptors (Lipinski definition) is 1. The molecule has 36 heavy (non-hydrogen) atoms. The van der Waals surface area contributed by atoms with Crippen LogP contribution in [0.15, 0.2) is 109 Å². The fourth-order valence-corrected chi connectivity index (χ4v) is 4.36. The first-order valence-corrected chi connectivity index (χ1v) is 11.4. The number of nitrogens with zero attached hydrogens (tertiary/aromatic N) is 2. The second-order valence-electron chi connectivity index (χ2n) is 8.54. The minimum absolute atomic E-state index is 0. The number of pyridine rings is 1. The standard InChI is InChI=1S/C31H26N2.2CH3.Hf/c1-22(2)25-16-8-9-18-28(25)31(32-24-14-4-3-5-15-24)30-21-11-20-29(33-30)27-19-10-13-23-12-6-7-17-26(23)27;;;/h3-18,20-22,31H,1-2H3;2*1H3;/q-2;2*-1;+4. The van der Waals surface area contributed by atoms with Crippen LogP contribution in [-0.2, 0) is 25.8 Å². The zero-order chi connectivity index (χ0) is 22.6. The molecule has 4 aromatic carbocycles. The molecule has 5 rings (SSSR count). The van der Waals surface area contributed by atoms with Gasteiger partial charge >= 0.3 is 25.8 Å². The Bertz CT molecular complexity index is 1370. The minimum atomic E-state index is -0.194. The predicted molar refractivity (Wildman–Crippen MR) is 151 cm³/mol. The van der Waals surface area contributed by atoms with Crippen molar-refractivity contribution in [3.05, 3.63) is 152 Å². The Labute approximate surface area is 235 Å². The molecule has 0 amide bonds. The van der Waals surface area contributed by atoms with E-state index < -0.39 is 0 Å². The molecule has 2 nitrogen and oxygen atoms in total. The second kappa shape index (κ2) is 13.3. The minimum Gasteiger partial charge on any atom is -0.673 e. The molecule has 178 valence electrons. The number of benzene rings is 4. The van der Waals surface area contributed by atoms with Gasteiger partial charge in [-0.25, -0.2) is 0 Å². The molecule has 0 saturated heterocycles. The van der Waals surface area contributed by atoms with Gasteiger partial charge in [-0.2, -0.15) is 0 Å². The third kappa shape index (κ3) is 6.20. The average molecular weight is 635 g/mol. The summed E-state index contributed by atoms with van der Waals surface area (Å²) in [5.41, 5.74) is 6.31. The third-order valence-corrected chi connectivity index (χ3v) is 5.97. The van der Waals surface area contributed by atoms with Crippen molar-refractivity contribution >= 4 is 16.5 Å². The SMILES string of the molecule is CC(C)c1ccccc1C([N-]c1ccccc1)c1cccc(-c2[c-]ccc3ccccc23)n1.[CH3-].[CH3-].[Hf+4]. The van der Waals surface area contributed by atoms with E-state index in [1.807, 2.05) is 36.4 Å². The van der Waals surface area contributed by atoms with E-state index in [1.165, 1.54) is 16.5 Å². The van der Waals surface area contributed by atoms with E-state index >= 15 is 0 Å². The molecule has 1 aromatic heterocycles. The molecule has 0 saturated carbocycles. The van der Waals surface area contributed by atoms with E-state index in [9.17, 15) is 0 Å². The number of fused-ring (bicyclic) bond motifs is 1. The predicted octanol–water partition coefficient (Wildman–Crippen LogP) is 9.52. The number of rotatable bonds is 6. The fourth-order valence-electron chi connectivity index (χ4n) is 4.36. The Kier molecular flexibility index (Phi) is 10.8. The van der Waals surface area contributed by atoms with Crippen molar-refractivity contribution in [2.24, 2.45) is 0 Å². The van der Waals surface area contributed by atoms with Crippen molar-refractivity contribution < 1.29 is 25.8 Å². The molecule has 0 radical (unpaired) electrons. The van der Waals surface area contributed by atoms with Gasteiger partial charge in [-0.15, -0.1) is 34.8 Å². The topological polar surface area (TPSA) is 27.0 Å². The van der Waals surface area contributed by atoms with Crippen LogP contribution in [0.2, 0.25) is 0 Å². The van der Waals surface area contributed by atoms with E-state index in [1.54, 1.807) is 0 Å². The van der Waals surface area contributed by atoms with Gasteiger partial charge < -0.3 is 25.2 Å². The van der Waals surface area contributed by atoms with Gasteiger partial charge in [0.1, 0.15) is 0 Å². The van der Waals surface area contributed by atoms with E-state index in [-0.39, 0.29) is 46.7 Å². The quantitative estimate of drug-likeness (QED) is 0.135. The van der Waals surface area contributed by atoms with Crippen LogP contribution in [0.1, 0.15) is 42.6 Å². The summed E-state index contributed by atoms with van der Waals surface area (Å²) in [4.78, 5) is 5.14. The molecule has 1 heterocycles. The van der Waals surface area contributed by atoms with Crippen LogP contribution in [-0.4, -0.2) is 4.98 Å². The molecule has 0 aliphatic carbocycles. The van der Waals surface area contributed by atoms with Crippen LogP contribution in [0.4, 0.5) is 5.69 Å². The molecule has 1 unspecified atom stereocenters. The maximum Gasteiger partial charge on any atom is 4.00 e. The Balaban J connectivity index is 0.00000152. The van der Waals surface area contributed by atoms with Crippen LogP contribution in [0, 0.1) is 20.9 Å². The number of aromatic nitrogens is 1. The van der Waals surface area contributed by atoms with Gasteiger partial charge in [0.15, 0.2) is 0 Å². The molecule has 0 aliphatic heterocycles. The van der Waals surface area contributed by atoms with Gasteiger partial charge in [0.25, 0.3) is 0 Å². The first kappa shape index (κ1) is 29.2. The van der Waals surface area contributed by atoms with Crippen molar-refractivity contribution in [1.82, 2.24) is 4.98 Å². The van der Waals surface area contributed by atoms with E-state index in [0.717, 1.165) is 28.0 Å². The van der Waals surface area contributed by atoms with E-state index in [4.69, 9.17) is 10.3 Å². The summed E-state index contributed by atoms with van der Waals surface area (Å²) in [7, 11) is 0. The first-order valence-electron chi connectivity index (χ1n) is 11.4. The smallest absolute Gasteiger partial charge is 0.673 e. The van der Waals surface area contributed by atoms with Crippen molar-refractivity contribution in [3.63, 3.8) is 0 Å². The summed E-state index contributed by atoms with van der Waals surface area (Å²) >= 11 is 0. The molecule has 0 aliphatic rings. The number of hydrogen-bond donors (Lipinski definition) is 0. The van der Waals surface area contributed by atoms with Crippen molar-refractivity contribution in [1.29, 1.82) is 0 Å². The van der Waals surface area contributed by atoms with Crippen LogP contribution >= 0.6 is 0 Å². The first-order chi connectivity index (χ1) is 16.2. The molecular formula is C33H32HfN2. The Morgan fingerprint density at radius 1 is 0.694 bits per heavy atom. The molecule has 5 aromatic rings. The molecular weight excluding hydrogens is 603 g/mol. The maximum absolute atomic E-state index is 5.17. The van der Waals surface area contributed by atoms with Crippen LogP contribution in [0.5, 0.6) is 0 Å². The summed E-state index contributed by atoms with van der Waals surface area (Å²) < 4.78 is 0. The molecule has 0 fully saturated rings. The monoisotopic (exact) mass is 636 g/mol. The Morgan fingerprint density at radius 2 is 1.36 bits per heavy atom. The molecule has 1 atom stereocenters. The summed E-state index contributed by atoms with van der Waals surface area (Å²) in [6.45, 7) is 4.46. The van der Waals surface area contributed by atoms with Gasteiger partial charge in [0, 0.05) is 5.69 Å². The normalized spacial score (nSPS) is 11.1. The molecule has 3 heteroatoms. The van der Waals surface area contributed by atoms with Gasteiger partial charge in [0.05, 0.1) is 0 Å². The maximum atomic E-state index is 5.17. The fraction of sp³-hybridized carbons (Fsp3) is 0.121. The van der Waals surface area contributed by atoms with Gasteiger partial charge in [-0.05, 0) is 29.3 Å². The van der Waals surface area contributed by atoms with Gasteiger partial charge in [0.2, 0.25) is 0 Å². The molecule has 0 spiro atoms. The zero-order valence-corrected chi connectivity index (χ0v) is 25.0. The van der Waals surface area contributed by atoms with Gasteiger partial charge in [-0.3, -0.25) is 0 Å². The van der Waals surface area contributed by atoms with Gasteiger partial charge in [-0.1, -0.05) is 116 Å². The van der Waals surface area contributed by atoms with Crippen LogP contribution < -0.4 is 0 Å². The largest absolute Gasteiger partial charge is 4.00 e. The zero-order valence-electron chi connectivity index (χ0n) is 21.4. The second-order valence-corrected chi connectivity index (χ2v) is 8.54. The van der Waals surface area contributed by atoms with Crippen molar-refractivity contribution in [3.8, 4) is 11.3 Å². The van der Waals surface area contributed by atoms with Crippen LogP contribution in [0.3, 0.4) is 0 Å². The summed E-state index contributed by atoms with van der Waals surface area (Å²) in [6.07, 6.45) is 0. The Hall–Kier alpha value is -3.04. The third-order valence-electron chi connectivity index (χ3n) is 5.97. The average Bonchev–Trinajstić information content (AvgIpc) is 2.87. The Morgan fingerprint density at radius 3 is 2.11 bits per heavy atom. The van der Waals surface area contributed by atoms with E-state index in [0.29, 0.717) is 5.92 Å². The van der Waals surface area contributed by atoms with E-state index in [2.05, 4.69) is 92.7 Å². The summed E-state index contributed by atoms with van der Waals surface area (Å²) in [6, 6.07) is 40.7. The van der Waals surface area contributed by atoms with Crippen molar-refractivity contribution in [2.45, 2.75) is 25.8 Å². The summed E-state index contributed by atoms with van der Waals surface area (Å²) in [5, 5.41) is 7.51. The summed E-state index contributed by atoms with van der Waals surface area (Å²) in [5.74, 6) is 0.393. The molecule has 0 bridgehead atoms.